The average molecular weight is 339 g/mol. The molecule has 132 valence electrons. The van der Waals surface area contributed by atoms with Crippen LogP contribution in [0.5, 0.6) is 0 Å². The Morgan fingerprint density at radius 1 is 1.12 bits per heavy atom. The van der Waals surface area contributed by atoms with Gasteiger partial charge in [0.15, 0.2) is 5.82 Å². The maximum atomic E-state index is 12.9. The summed E-state index contributed by atoms with van der Waals surface area (Å²) < 4.78 is 0. The SMILES string of the molecule is CCCNc1cc(C(=O)N2CCN(C)CC2)nc(-c2ccccc2)n1. The highest BCUT2D eigenvalue weighted by Gasteiger charge is 2.22. The van der Waals surface area contributed by atoms with E-state index in [4.69, 9.17) is 0 Å². The van der Waals surface area contributed by atoms with Gasteiger partial charge in [-0.1, -0.05) is 37.3 Å². The lowest BCUT2D eigenvalue weighted by Crippen LogP contribution is -2.47. The molecule has 0 bridgehead atoms. The van der Waals surface area contributed by atoms with Crippen LogP contribution in [0.25, 0.3) is 11.4 Å². The lowest BCUT2D eigenvalue weighted by atomic mass is 10.2. The number of piperazine rings is 1. The van der Waals surface area contributed by atoms with Crippen molar-refractivity contribution in [2.75, 3.05) is 45.1 Å². The molecule has 0 atom stereocenters. The molecule has 6 nitrogen and oxygen atoms in total. The first-order chi connectivity index (χ1) is 12.2. The first-order valence-electron chi connectivity index (χ1n) is 8.83. The summed E-state index contributed by atoms with van der Waals surface area (Å²) in [4.78, 5) is 26.1. The molecule has 0 radical (unpaired) electrons. The van der Waals surface area contributed by atoms with E-state index in [0.717, 1.165) is 44.7 Å². The molecule has 1 aliphatic heterocycles. The molecule has 25 heavy (non-hydrogen) atoms. The van der Waals surface area contributed by atoms with Crippen molar-refractivity contribution in [2.24, 2.45) is 0 Å². The third-order valence-electron chi connectivity index (χ3n) is 4.32. The number of carbonyl (C=O) groups is 1. The molecule has 1 N–H and O–H groups in total. The summed E-state index contributed by atoms with van der Waals surface area (Å²) in [7, 11) is 2.08. The van der Waals surface area contributed by atoms with Crippen molar-refractivity contribution in [3.05, 3.63) is 42.1 Å². The van der Waals surface area contributed by atoms with Gasteiger partial charge in [0.25, 0.3) is 5.91 Å². The van der Waals surface area contributed by atoms with Gasteiger partial charge in [0.05, 0.1) is 0 Å². The van der Waals surface area contributed by atoms with Crippen LogP contribution >= 0.6 is 0 Å². The van der Waals surface area contributed by atoms with Gasteiger partial charge in [0.1, 0.15) is 11.5 Å². The van der Waals surface area contributed by atoms with Crippen molar-refractivity contribution < 1.29 is 4.79 Å². The fourth-order valence-electron chi connectivity index (χ4n) is 2.79. The van der Waals surface area contributed by atoms with Crippen LogP contribution in [-0.4, -0.2) is 65.4 Å². The predicted octanol–water partition coefficient (Wildman–Crippen LogP) is 2.35. The Bertz CT molecular complexity index is 711. The first-order valence-corrected chi connectivity index (χ1v) is 8.83. The molecule has 1 fully saturated rings. The van der Waals surface area contributed by atoms with Crippen molar-refractivity contribution in [3.63, 3.8) is 0 Å². The summed E-state index contributed by atoms with van der Waals surface area (Å²) in [5.74, 6) is 1.26. The van der Waals surface area contributed by atoms with E-state index in [-0.39, 0.29) is 5.91 Å². The smallest absolute Gasteiger partial charge is 0.272 e. The van der Waals surface area contributed by atoms with Crippen LogP contribution in [0.4, 0.5) is 5.82 Å². The summed E-state index contributed by atoms with van der Waals surface area (Å²) in [6.07, 6.45) is 0.992. The average Bonchev–Trinajstić information content (AvgIpc) is 2.67. The van der Waals surface area contributed by atoms with Crippen LogP contribution in [0.3, 0.4) is 0 Å². The number of carbonyl (C=O) groups excluding carboxylic acids is 1. The normalized spacial score (nSPS) is 15.2. The van der Waals surface area contributed by atoms with Crippen molar-refractivity contribution >= 4 is 11.7 Å². The van der Waals surface area contributed by atoms with Gasteiger partial charge in [-0.2, -0.15) is 0 Å². The molecule has 1 aromatic carbocycles. The molecule has 1 aromatic heterocycles. The minimum atomic E-state index is -0.0211. The summed E-state index contributed by atoms with van der Waals surface area (Å²) in [5.41, 5.74) is 1.37. The van der Waals surface area contributed by atoms with E-state index in [0.29, 0.717) is 17.3 Å². The number of anilines is 1. The van der Waals surface area contributed by atoms with E-state index in [2.05, 4.69) is 34.2 Å². The van der Waals surface area contributed by atoms with Crippen molar-refractivity contribution in [1.29, 1.82) is 0 Å². The molecule has 2 heterocycles. The third-order valence-corrected chi connectivity index (χ3v) is 4.32. The summed E-state index contributed by atoms with van der Waals surface area (Å²) in [5, 5.41) is 3.28. The zero-order valence-electron chi connectivity index (χ0n) is 14.9. The molecular formula is C19H25N5O. The minimum Gasteiger partial charge on any atom is -0.370 e. The summed E-state index contributed by atoms with van der Waals surface area (Å²) in [6, 6.07) is 11.5. The van der Waals surface area contributed by atoms with E-state index >= 15 is 0 Å². The van der Waals surface area contributed by atoms with Gasteiger partial charge >= 0.3 is 0 Å². The topological polar surface area (TPSA) is 61.4 Å². The molecule has 0 unspecified atom stereocenters. The maximum absolute atomic E-state index is 12.9. The molecular weight excluding hydrogens is 314 g/mol. The number of rotatable bonds is 5. The lowest BCUT2D eigenvalue weighted by molar-refractivity contribution is 0.0658. The fraction of sp³-hybridized carbons (Fsp3) is 0.421. The van der Waals surface area contributed by atoms with Crippen molar-refractivity contribution in [2.45, 2.75) is 13.3 Å². The van der Waals surface area contributed by atoms with Crippen LogP contribution in [0.1, 0.15) is 23.8 Å². The number of benzene rings is 1. The number of nitrogens with zero attached hydrogens (tertiary/aromatic N) is 4. The Morgan fingerprint density at radius 3 is 2.52 bits per heavy atom. The van der Waals surface area contributed by atoms with Gasteiger partial charge in [-0.15, -0.1) is 0 Å². The zero-order chi connectivity index (χ0) is 17.6. The van der Waals surface area contributed by atoms with Crippen LogP contribution < -0.4 is 5.32 Å². The molecule has 6 heteroatoms. The van der Waals surface area contributed by atoms with Gasteiger partial charge in [0.2, 0.25) is 0 Å². The first kappa shape index (κ1) is 17.4. The Hall–Kier alpha value is -2.47. The van der Waals surface area contributed by atoms with Gasteiger partial charge < -0.3 is 15.1 Å². The summed E-state index contributed by atoms with van der Waals surface area (Å²) >= 11 is 0. The molecule has 1 amide bonds. The fourth-order valence-corrected chi connectivity index (χ4v) is 2.79. The Kier molecular flexibility index (Phi) is 5.60. The lowest BCUT2D eigenvalue weighted by Gasteiger charge is -2.32. The van der Waals surface area contributed by atoms with Gasteiger partial charge in [-0.05, 0) is 13.5 Å². The van der Waals surface area contributed by atoms with Crippen molar-refractivity contribution in [3.8, 4) is 11.4 Å². The molecule has 0 saturated carbocycles. The molecule has 0 spiro atoms. The molecule has 3 rings (SSSR count). The molecule has 0 aliphatic carbocycles. The number of hydrogen-bond acceptors (Lipinski definition) is 5. The molecule has 1 saturated heterocycles. The Labute approximate surface area is 148 Å². The second-order valence-electron chi connectivity index (χ2n) is 6.35. The zero-order valence-corrected chi connectivity index (χ0v) is 14.9. The van der Waals surface area contributed by atoms with E-state index < -0.39 is 0 Å². The highest BCUT2D eigenvalue weighted by Crippen LogP contribution is 2.19. The number of likely N-dealkylation sites (N-methyl/N-ethyl adjacent to an activating group) is 1. The van der Waals surface area contributed by atoms with E-state index in [9.17, 15) is 4.79 Å². The molecule has 1 aliphatic rings. The second-order valence-corrected chi connectivity index (χ2v) is 6.35. The van der Waals surface area contributed by atoms with Crippen LogP contribution in [0.2, 0.25) is 0 Å². The minimum absolute atomic E-state index is 0.0211. The molecule has 2 aromatic rings. The Morgan fingerprint density at radius 2 is 1.84 bits per heavy atom. The van der Waals surface area contributed by atoms with Crippen LogP contribution in [0.15, 0.2) is 36.4 Å². The number of amides is 1. The quantitative estimate of drug-likeness (QED) is 0.906. The highest BCUT2D eigenvalue weighted by atomic mass is 16.2. The maximum Gasteiger partial charge on any atom is 0.272 e. The number of aromatic nitrogens is 2. The number of hydrogen-bond donors (Lipinski definition) is 1. The van der Waals surface area contributed by atoms with Crippen LogP contribution in [0, 0.1) is 0 Å². The van der Waals surface area contributed by atoms with Crippen LogP contribution in [-0.2, 0) is 0 Å². The van der Waals surface area contributed by atoms with Crippen molar-refractivity contribution in [1.82, 2.24) is 19.8 Å². The van der Waals surface area contributed by atoms with Gasteiger partial charge in [0, 0.05) is 44.4 Å². The third kappa shape index (κ3) is 4.33. The second kappa shape index (κ2) is 8.07. The van der Waals surface area contributed by atoms with E-state index in [1.54, 1.807) is 6.07 Å². The van der Waals surface area contributed by atoms with Gasteiger partial charge in [-0.3, -0.25) is 4.79 Å². The van der Waals surface area contributed by atoms with Gasteiger partial charge in [-0.25, -0.2) is 9.97 Å². The summed E-state index contributed by atoms with van der Waals surface area (Å²) in [6.45, 7) is 6.16. The predicted molar refractivity (Wildman–Crippen MR) is 99.6 cm³/mol. The Balaban J connectivity index is 1.90. The monoisotopic (exact) mass is 339 g/mol. The number of nitrogens with one attached hydrogen (secondary N) is 1. The largest absolute Gasteiger partial charge is 0.370 e. The van der Waals surface area contributed by atoms with E-state index in [1.807, 2.05) is 35.2 Å². The highest BCUT2D eigenvalue weighted by molar-refractivity contribution is 5.93. The standard InChI is InChI=1S/C19H25N5O/c1-3-9-20-17-14-16(19(25)24-12-10-23(2)11-13-24)21-18(22-17)15-7-5-4-6-8-15/h4-8,14H,3,9-13H2,1-2H3,(H,20,21,22). The van der Waals surface area contributed by atoms with E-state index in [1.165, 1.54) is 0 Å².